The van der Waals surface area contributed by atoms with Gasteiger partial charge in [-0.05, 0) is 0 Å². The van der Waals surface area contributed by atoms with Crippen LogP contribution in [0.2, 0.25) is 0 Å². The van der Waals surface area contributed by atoms with Crippen molar-refractivity contribution in [2.75, 3.05) is 13.7 Å². The highest BCUT2D eigenvalue weighted by atomic mass is 16.7. The maximum Gasteiger partial charge on any atom is 0.197 e. The molecule has 1 fully saturated rings. The fourth-order valence-corrected chi connectivity index (χ4v) is 1.61. The molecule has 3 N–H and O–H groups in total. The van der Waals surface area contributed by atoms with Crippen LogP contribution in [0, 0.1) is 0 Å². The van der Waals surface area contributed by atoms with Gasteiger partial charge in [0.25, 0.3) is 0 Å². The van der Waals surface area contributed by atoms with Crippen LogP contribution in [0.4, 0.5) is 0 Å². The number of methoxy groups -OCH3 is 1. The molecule has 1 aliphatic rings. The van der Waals surface area contributed by atoms with Crippen molar-refractivity contribution in [1.82, 2.24) is 0 Å². The van der Waals surface area contributed by atoms with Gasteiger partial charge in [0.15, 0.2) is 5.79 Å². The first kappa shape index (κ1) is 10.9. The van der Waals surface area contributed by atoms with Gasteiger partial charge in [-0.25, -0.2) is 0 Å². The van der Waals surface area contributed by atoms with E-state index in [-0.39, 0.29) is 6.61 Å². The molecule has 0 aromatic heterocycles. The van der Waals surface area contributed by atoms with Crippen LogP contribution >= 0.6 is 0 Å². The minimum absolute atomic E-state index is 0.330. The third-order valence-electron chi connectivity index (χ3n) is 2.52. The SMILES string of the molecule is CC[C@@]1(OC)O[C@H](CO)[C@@H](O)[C@@H]1O. The Morgan fingerprint density at radius 1 is 1.46 bits per heavy atom. The monoisotopic (exact) mass is 192 g/mol. The largest absolute Gasteiger partial charge is 0.394 e. The van der Waals surface area contributed by atoms with E-state index in [2.05, 4.69) is 0 Å². The summed E-state index contributed by atoms with van der Waals surface area (Å²) in [6.07, 6.45) is -2.56. The second kappa shape index (κ2) is 3.89. The van der Waals surface area contributed by atoms with E-state index >= 15 is 0 Å². The Hall–Kier alpha value is -0.200. The minimum Gasteiger partial charge on any atom is -0.394 e. The lowest BCUT2D eigenvalue weighted by Gasteiger charge is -2.28. The molecule has 0 radical (unpaired) electrons. The Morgan fingerprint density at radius 2 is 2.08 bits per heavy atom. The van der Waals surface area contributed by atoms with Gasteiger partial charge in [0.2, 0.25) is 0 Å². The molecule has 1 aliphatic heterocycles. The zero-order valence-electron chi connectivity index (χ0n) is 7.80. The third-order valence-corrected chi connectivity index (χ3v) is 2.52. The molecule has 0 aromatic carbocycles. The van der Waals surface area contributed by atoms with E-state index in [1.54, 1.807) is 6.92 Å². The fourth-order valence-electron chi connectivity index (χ4n) is 1.61. The van der Waals surface area contributed by atoms with Crippen LogP contribution in [0.1, 0.15) is 13.3 Å². The van der Waals surface area contributed by atoms with Crippen molar-refractivity contribution in [3.8, 4) is 0 Å². The van der Waals surface area contributed by atoms with Crippen molar-refractivity contribution < 1.29 is 24.8 Å². The highest BCUT2D eigenvalue weighted by molar-refractivity contribution is 4.95. The molecule has 0 aliphatic carbocycles. The first-order valence-electron chi connectivity index (χ1n) is 4.31. The van der Waals surface area contributed by atoms with Gasteiger partial charge in [-0.2, -0.15) is 0 Å². The molecule has 5 nitrogen and oxygen atoms in total. The summed E-state index contributed by atoms with van der Waals surface area (Å²) in [4.78, 5) is 0. The summed E-state index contributed by atoms with van der Waals surface area (Å²) in [5.74, 6) is -1.17. The van der Waals surface area contributed by atoms with Crippen molar-refractivity contribution in [2.24, 2.45) is 0 Å². The smallest absolute Gasteiger partial charge is 0.197 e. The molecule has 78 valence electrons. The van der Waals surface area contributed by atoms with E-state index in [4.69, 9.17) is 14.6 Å². The summed E-state index contributed by atoms with van der Waals surface area (Å²) < 4.78 is 10.3. The molecular weight excluding hydrogens is 176 g/mol. The number of rotatable bonds is 3. The predicted octanol–water partition coefficient (Wildman–Crippen LogP) is -1.15. The topological polar surface area (TPSA) is 79.2 Å². The Labute approximate surface area is 76.9 Å². The number of aliphatic hydroxyl groups excluding tert-OH is 3. The second-order valence-electron chi connectivity index (χ2n) is 3.14. The van der Waals surface area contributed by atoms with E-state index in [1.807, 2.05) is 0 Å². The van der Waals surface area contributed by atoms with Crippen LogP contribution in [-0.4, -0.2) is 53.1 Å². The predicted molar refractivity (Wildman–Crippen MR) is 44.0 cm³/mol. The standard InChI is InChI=1S/C8H16O5/c1-3-8(12-2)7(11)6(10)5(4-9)13-8/h5-7,9-11H,3-4H2,1-2H3/t5-,6-,7+,8-/m1/s1. The van der Waals surface area contributed by atoms with E-state index in [1.165, 1.54) is 7.11 Å². The van der Waals surface area contributed by atoms with Gasteiger partial charge in [0, 0.05) is 13.5 Å². The van der Waals surface area contributed by atoms with Crippen molar-refractivity contribution in [3.63, 3.8) is 0 Å². The summed E-state index contributed by atoms with van der Waals surface area (Å²) in [6, 6.07) is 0. The first-order chi connectivity index (χ1) is 6.11. The van der Waals surface area contributed by atoms with Gasteiger partial charge < -0.3 is 24.8 Å². The average molecular weight is 192 g/mol. The zero-order chi connectivity index (χ0) is 10.1. The molecule has 0 unspecified atom stereocenters. The Kier molecular flexibility index (Phi) is 3.26. The summed E-state index contributed by atoms with van der Waals surface area (Å²) in [5, 5.41) is 27.9. The summed E-state index contributed by atoms with van der Waals surface area (Å²) in [5.41, 5.74) is 0. The maximum atomic E-state index is 9.60. The average Bonchev–Trinajstić information content (AvgIpc) is 2.42. The molecule has 1 saturated heterocycles. The maximum absolute atomic E-state index is 9.60. The summed E-state index contributed by atoms with van der Waals surface area (Å²) in [7, 11) is 1.40. The fraction of sp³-hybridized carbons (Fsp3) is 1.00. The van der Waals surface area contributed by atoms with E-state index in [0.29, 0.717) is 6.42 Å². The van der Waals surface area contributed by atoms with Crippen molar-refractivity contribution in [1.29, 1.82) is 0 Å². The Balaban J connectivity index is 2.79. The molecule has 0 aromatic rings. The molecule has 0 saturated carbocycles. The molecule has 1 heterocycles. The molecule has 1 rings (SSSR count). The minimum atomic E-state index is -1.17. The molecule has 4 atom stereocenters. The van der Waals surface area contributed by atoms with Crippen molar-refractivity contribution in [3.05, 3.63) is 0 Å². The Morgan fingerprint density at radius 3 is 2.31 bits per heavy atom. The van der Waals surface area contributed by atoms with Crippen LogP contribution in [0.3, 0.4) is 0 Å². The van der Waals surface area contributed by atoms with Crippen molar-refractivity contribution in [2.45, 2.75) is 37.4 Å². The lowest BCUT2D eigenvalue weighted by molar-refractivity contribution is -0.248. The molecule has 0 amide bonds. The van der Waals surface area contributed by atoms with E-state index in [0.717, 1.165) is 0 Å². The highest BCUT2D eigenvalue weighted by Gasteiger charge is 2.53. The molecule has 0 spiro atoms. The van der Waals surface area contributed by atoms with E-state index < -0.39 is 24.1 Å². The first-order valence-corrected chi connectivity index (χ1v) is 4.31. The van der Waals surface area contributed by atoms with Gasteiger partial charge in [0.1, 0.15) is 18.3 Å². The quantitative estimate of drug-likeness (QED) is 0.526. The van der Waals surface area contributed by atoms with Gasteiger partial charge in [-0.1, -0.05) is 6.92 Å². The van der Waals surface area contributed by atoms with Gasteiger partial charge in [-0.3, -0.25) is 0 Å². The number of hydrogen-bond donors (Lipinski definition) is 3. The number of ether oxygens (including phenoxy) is 2. The number of aliphatic hydroxyl groups is 3. The van der Waals surface area contributed by atoms with E-state index in [9.17, 15) is 10.2 Å². The van der Waals surface area contributed by atoms with Gasteiger partial charge >= 0.3 is 0 Å². The van der Waals surface area contributed by atoms with Crippen LogP contribution in [0.15, 0.2) is 0 Å². The second-order valence-corrected chi connectivity index (χ2v) is 3.14. The lowest BCUT2D eigenvalue weighted by atomic mass is 10.0. The summed E-state index contributed by atoms with van der Waals surface area (Å²) in [6.45, 7) is 1.45. The zero-order valence-corrected chi connectivity index (χ0v) is 7.80. The molecule has 0 bridgehead atoms. The van der Waals surface area contributed by atoms with Crippen LogP contribution in [0.5, 0.6) is 0 Å². The molecule has 5 heteroatoms. The molecule has 13 heavy (non-hydrogen) atoms. The highest BCUT2D eigenvalue weighted by Crippen LogP contribution is 2.34. The summed E-state index contributed by atoms with van der Waals surface area (Å²) >= 11 is 0. The van der Waals surface area contributed by atoms with Gasteiger partial charge in [0.05, 0.1) is 6.61 Å². The Bertz CT molecular complexity index is 168. The lowest BCUT2D eigenvalue weighted by Crippen LogP contribution is -2.44. The number of hydrogen-bond acceptors (Lipinski definition) is 5. The molecular formula is C8H16O5. The normalized spacial score (nSPS) is 45.5. The van der Waals surface area contributed by atoms with Crippen LogP contribution in [-0.2, 0) is 9.47 Å². The van der Waals surface area contributed by atoms with Crippen molar-refractivity contribution >= 4 is 0 Å². The van der Waals surface area contributed by atoms with Gasteiger partial charge in [-0.15, -0.1) is 0 Å². The van der Waals surface area contributed by atoms with Crippen LogP contribution in [0.25, 0.3) is 0 Å². The van der Waals surface area contributed by atoms with Crippen LogP contribution < -0.4 is 0 Å². The third kappa shape index (κ3) is 1.58.